The van der Waals surface area contributed by atoms with Gasteiger partial charge in [-0.25, -0.2) is 4.79 Å². The largest absolute Gasteiger partial charge is 0.355 e. The molecule has 0 bridgehead atoms. The van der Waals surface area contributed by atoms with E-state index in [1.807, 2.05) is 58.0 Å². The fourth-order valence-electron chi connectivity index (χ4n) is 7.93. The number of hydrogen-bond donors (Lipinski definition) is 5. The summed E-state index contributed by atoms with van der Waals surface area (Å²) < 4.78 is 101. The average molecular weight is 1050 g/mol. The summed E-state index contributed by atoms with van der Waals surface area (Å²) in [5, 5.41) is 7.20. The SMILES string of the molecule is O=C(CCCCCNC(=O)C1(C(=O)NCCS(=O)(=O)O)CC(/C=C/c2sc3ccccc3[n+]2CCCS(=O)(=O)O)=CC(=C/C=C2\Sc3ccccc3N2CCCS(=O)(=O)O)/C1)ON1C(=O)CCC1=O. The number of anilines is 1. The Balaban J connectivity index is 1.31. The first kappa shape index (κ1) is 53.1. The van der Waals surface area contributed by atoms with Gasteiger partial charge in [0, 0.05) is 62.4 Å². The molecule has 25 heteroatoms. The molecular weight excluding hydrogens is 999 g/mol. The highest BCUT2D eigenvalue weighted by molar-refractivity contribution is 8.03. The minimum atomic E-state index is -4.51. The lowest BCUT2D eigenvalue weighted by molar-refractivity contribution is -0.668. The number of thioether (sulfide) groups is 1. The minimum absolute atomic E-state index is 0.0448. The minimum Gasteiger partial charge on any atom is -0.355 e. The topological polar surface area (TPSA) is 292 Å². The summed E-state index contributed by atoms with van der Waals surface area (Å²) in [6.45, 7) is -0.0188. The molecule has 0 saturated carbocycles. The number of thiazole rings is 1. The predicted octanol–water partition coefficient (Wildman–Crippen LogP) is 4.13. The normalized spacial score (nSPS) is 18.9. The van der Waals surface area contributed by atoms with E-state index in [9.17, 15) is 62.9 Å². The van der Waals surface area contributed by atoms with Crippen molar-refractivity contribution >= 4 is 105 Å². The van der Waals surface area contributed by atoms with Crippen molar-refractivity contribution in [3.05, 3.63) is 94.0 Å². The molecule has 1 aliphatic carbocycles. The van der Waals surface area contributed by atoms with E-state index in [4.69, 9.17) is 4.84 Å². The van der Waals surface area contributed by atoms with Gasteiger partial charge in [-0.05, 0) is 67.5 Å². The summed E-state index contributed by atoms with van der Waals surface area (Å²) >= 11 is 2.81. The number of carbonyl (C=O) groups excluding carboxylic acids is 5. The number of imide groups is 1. The number of rotatable bonds is 23. The van der Waals surface area contributed by atoms with Gasteiger partial charge in [0.05, 0.1) is 28.0 Å². The molecule has 372 valence electrons. The highest BCUT2D eigenvalue weighted by Gasteiger charge is 2.48. The number of carbonyl (C=O) groups is 5. The smallest absolute Gasteiger partial charge is 0.333 e. The summed E-state index contributed by atoms with van der Waals surface area (Å²) in [7, 11) is -13.0. The van der Waals surface area contributed by atoms with E-state index in [1.54, 1.807) is 30.4 Å². The van der Waals surface area contributed by atoms with E-state index in [0.717, 1.165) is 20.8 Å². The van der Waals surface area contributed by atoms with Crippen LogP contribution in [0.3, 0.4) is 0 Å². The molecule has 69 heavy (non-hydrogen) atoms. The Morgan fingerprint density at radius 1 is 0.754 bits per heavy atom. The van der Waals surface area contributed by atoms with Crippen molar-refractivity contribution in [2.45, 2.75) is 75.6 Å². The summed E-state index contributed by atoms with van der Waals surface area (Å²) in [6, 6.07) is 14.9. The lowest BCUT2D eigenvalue weighted by Crippen LogP contribution is -2.53. The standard InChI is InChI=1S/C44H51N5O15S5/c50-37-17-18-38(51)49(37)64-41(52)14-2-1-7-21-45-42(53)44(43(54)46-22-27-69(61,62)63)29-31(15-19-39-47(23-8-25-67(55,56)57)33-10-3-5-12-35(33)65-39)28-32(30-44)16-20-40-48(24-9-26-68(58,59)60)34-11-4-6-13-36(34)66-40/h3-6,10-13,15-16,19-20,28H,1-2,7-9,14,17-18,21-27,29-30H2,(H4-,45,46,53,54,55,56,57,58,59,60,61,62,63)/p+1. The molecule has 4 amide bonds. The molecule has 3 heterocycles. The van der Waals surface area contributed by atoms with Crippen LogP contribution in [0.15, 0.2) is 93.9 Å². The molecular formula is C44H52N5O15S5+. The van der Waals surface area contributed by atoms with Crippen LogP contribution < -0.4 is 20.1 Å². The summed E-state index contributed by atoms with van der Waals surface area (Å²) in [6.07, 6.45) is 9.44. The second-order valence-corrected chi connectivity index (χ2v) is 23.3. The molecule has 3 aliphatic rings. The lowest BCUT2D eigenvalue weighted by Gasteiger charge is -2.35. The van der Waals surface area contributed by atoms with Crippen molar-refractivity contribution in [1.29, 1.82) is 0 Å². The monoisotopic (exact) mass is 1050 g/mol. The molecule has 6 rings (SSSR count). The molecule has 0 spiro atoms. The number of unbranched alkanes of at least 4 members (excludes halogenated alkanes) is 2. The Morgan fingerprint density at radius 2 is 1.41 bits per heavy atom. The first-order chi connectivity index (χ1) is 32.6. The third-order valence-corrected chi connectivity index (χ3v) is 15.8. The number of fused-ring (bicyclic) bond motifs is 2. The van der Waals surface area contributed by atoms with Crippen molar-refractivity contribution in [2.75, 3.05) is 41.8 Å². The average Bonchev–Trinajstić information content (AvgIpc) is 3.93. The molecule has 1 fully saturated rings. The number of nitrogens with one attached hydrogen (secondary N) is 2. The fourth-order valence-corrected chi connectivity index (χ4v) is 11.5. The quantitative estimate of drug-likeness (QED) is 0.0293. The Kier molecular flexibility index (Phi) is 17.8. The van der Waals surface area contributed by atoms with E-state index in [0.29, 0.717) is 39.1 Å². The zero-order valence-electron chi connectivity index (χ0n) is 37.1. The van der Waals surface area contributed by atoms with Crippen LogP contribution in [0.5, 0.6) is 0 Å². The van der Waals surface area contributed by atoms with Gasteiger partial charge in [-0.1, -0.05) is 72.0 Å². The van der Waals surface area contributed by atoms with Crippen molar-refractivity contribution < 1.29 is 72.3 Å². The second-order valence-electron chi connectivity index (χ2n) is 16.4. The van der Waals surface area contributed by atoms with Crippen LogP contribution in [0.2, 0.25) is 0 Å². The van der Waals surface area contributed by atoms with E-state index in [1.165, 1.54) is 23.1 Å². The van der Waals surface area contributed by atoms with Gasteiger partial charge >= 0.3 is 5.97 Å². The molecule has 1 atom stereocenters. The highest BCUT2D eigenvalue weighted by Crippen LogP contribution is 2.46. The number of benzene rings is 2. The first-order valence-electron chi connectivity index (χ1n) is 21.8. The summed E-state index contributed by atoms with van der Waals surface area (Å²) in [5.74, 6) is -5.27. The number of para-hydroxylation sites is 2. The number of aromatic nitrogens is 1. The van der Waals surface area contributed by atoms with E-state index in [-0.39, 0.29) is 71.0 Å². The first-order valence-corrected chi connectivity index (χ1v) is 28.3. The number of nitrogens with zero attached hydrogens (tertiary/aromatic N) is 3. The van der Waals surface area contributed by atoms with Crippen LogP contribution in [0.25, 0.3) is 16.3 Å². The number of amides is 4. The van der Waals surface area contributed by atoms with Gasteiger partial charge < -0.3 is 20.4 Å². The number of hydrogen-bond acceptors (Lipinski definition) is 15. The van der Waals surface area contributed by atoms with E-state index in [2.05, 4.69) is 10.6 Å². The van der Waals surface area contributed by atoms with Gasteiger partial charge in [0.25, 0.3) is 47.2 Å². The Morgan fingerprint density at radius 3 is 2.12 bits per heavy atom. The molecule has 1 unspecified atom stereocenters. The zero-order valence-corrected chi connectivity index (χ0v) is 41.2. The Bertz CT molecular complexity index is 2930. The van der Waals surface area contributed by atoms with Crippen molar-refractivity contribution in [1.82, 2.24) is 15.7 Å². The number of aryl methyl sites for hydroxylation is 1. The van der Waals surface area contributed by atoms with Crippen LogP contribution in [-0.2, 0) is 65.7 Å². The third-order valence-electron chi connectivity index (χ3n) is 11.2. The molecule has 2 aliphatic heterocycles. The number of allylic oxidation sites excluding steroid dienone is 6. The van der Waals surface area contributed by atoms with Crippen molar-refractivity contribution in [3.63, 3.8) is 0 Å². The van der Waals surface area contributed by atoms with Crippen molar-refractivity contribution in [3.8, 4) is 0 Å². The maximum absolute atomic E-state index is 14.6. The maximum atomic E-state index is 14.6. The lowest BCUT2D eigenvalue weighted by atomic mass is 9.70. The van der Waals surface area contributed by atoms with Crippen LogP contribution in [0.1, 0.15) is 69.2 Å². The van der Waals surface area contributed by atoms with Crippen LogP contribution in [0.4, 0.5) is 5.69 Å². The van der Waals surface area contributed by atoms with E-state index >= 15 is 0 Å². The molecule has 0 radical (unpaired) electrons. The molecule has 5 N–H and O–H groups in total. The maximum Gasteiger partial charge on any atom is 0.333 e. The van der Waals surface area contributed by atoms with Crippen LogP contribution in [0, 0.1) is 5.41 Å². The molecule has 20 nitrogen and oxygen atoms in total. The fraction of sp³-hybridized carbons (Fsp3) is 0.409. The molecule has 2 aromatic carbocycles. The summed E-state index contributed by atoms with van der Waals surface area (Å²) in [4.78, 5) is 72.7. The molecule has 1 saturated heterocycles. The van der Waals surface area contributed by atoms with Gasteiger partial charge in [0.2, 0.25) is 17.3 Å². The summed E-state index contributed by atoms with van der Waals surface area (Å²) in [5.41, 5.74) is 0.698. The van der Waals surface area contributed by atoms with Gasteiger partial charge in [-0.2, -0.15) is 29.8 Å². The van der Waals surface area contributed by atoms with Gasteiger partial charge in [0.1, 0.15) is 10.1 Å². The van der Waals surface area contributed by atoms with Gasteiger partial charge in [-0.3, -0.25) is 32.8 Å². The zero-order chi connectivity index (χ0) is 50.0. The van der Waals surface area contributed by atoms with Crippen molar-refractivity contribution in [2.24, 2.45) is 5.41 Å². The Hall–Kier alpha value is -5.28. The van der Waals surface area contributed by atoms with Gasteiger partial charge in [0.15, 0.2) is 6.54 Å². The molecule has 1 aromatic heterocycles. The van der Waals surface area contributed by atoms with Gasteiger partial charge in [-0.15, -0.1) is 5.06 Å². The number of hydroxylamine groups is 2. The predicted molar refractivity (Wildman–Crippen MR) is 257 cm³/mol. The Labute approximate surface area is 407 Å². The van der Waals surface area contributed by atoms with E-state index < -0.39 is 89.2 Å². The second kappa shape index (κ2) is 23.1. The van der Waals surface area contributed by atoms with Crippen LogP contribution >= 0.6 is 23.1 Å². The highest BCUT2D eigenvalue weighted by atomic mass is 32.2. The molecule has 3 aromatic rings. The third kappa shape index (κ3) is 15.1. The van der Waals surface area contributed by atoms with Crippen LogP contribution in [-0.4, -0.2) is 110 Å².